The third-order valence-corrected chi connectivity index (χ3v) is 11.6. The van der Waals surface area contributed by atoms with Gasteiger partial charge in [-0.15, -0.1) is 0 Å². The minimum absolute atomic E-state index is 0.578. The maximum Gasteiger partial charge on any atom is 0.227 e. The van der Waals surface area contributed by atoms with Crippen molar-refractivity contribution in [1.82, 2.24) is 9.55 Å². The van der Waals surface area contributed by atoms with Crippen LogP contribution in [-0.4, -0.2) is 9.55 Å². The molecular weight excluding hydrogens is 735 g/mol. The molecule has 0 spiro atoms. The number of rotatable bonds is 7. The summed E-state index contributed by atoms with van der Waals surface area (Å²) in [5.74, 6) is 0.578. The Morgan fingerprint density at radius 2 is 0.967 bits per heavy atom. The molecule has 60 heavy (non-hydrogen) atoms. The molecular formula is C55H35N3O2. The molecule has 0 N–H and O–H groups in total. The van der Waals surface area contributed by atoms with Gasteiger partial charge in [-0.25, -0.2) is 4.98 Å². The minimum Gasteiger partial charge on any atom is -0.456 e. The van der Waals surface area contributed by atoms with E-state index in [0.717, 1.165) is 78.0 Å². The van der Waals surface area contributed by atoms with Crippen molar-refractivity contribution in [1.29, 1.82) is 0 Å². The molecule has 0 fully saturated rings. The lowest BCUT2D eigenvalue weighted by molar-refractivity contribution is 0.621. The van der Waals surface area contributed by atoms with Gasteiger partial charge in [0.25, 0.3) is 0 Å². The van der Waals surface area contributed by atoms with Crippen molar-refractivity contribution in [3.63, 3.8) is 0 Å². The van der Waals surface area contributed by atoms with Crippen LogP contribution in [0.4, 0.5) is 17.1 Å². The molecule has 0 bridgehead atoms. The summed E-state index contributed by atoms with van der Waals surface area (Å²) in [6.07, 6.45) is 0. The number of oxazole rings is 1. The van der Waals surface area contributed by atoms with Crippen LogP contribution in [0.3, 0.4) is 0 Å². The van der Waals surface area contributed by atoms with Gasteiger partial charge in [-0.3, -0.25) is 0 Å². The molecule has 0 aliphatic heterocycles. The van der Waals surface area contributed by atoms with Crippen LogP contribution in [0.25, 0.3) is 94.2 Å². The molecule has 0 aliphatic carbocycles. The van der Waals surface area contributed by atoms with Crippen molar-refractivity contribution in [2.45, 2.75) is 0 Å². The largest absolute Gasteiger partial charge is 0.456 e. The van der Waals surface area contributed by atoms with Crippen molar-refractivity contribution < 1.29 is 8.83 Å². The van der Waals surface area contributed by atoms with E-state index in [1.165, 1.54) is 27.4 Å². The van der Waals surface area contributed by atoms with Gasteiger partial charge >= 0.3 is 0 Å². The van der Waals surface area contributed by atoms with Crippen molar-refractivity contribution in [3.05, 3.63) is 212 Å². The summed E-state index contributed by atoms with van der Waals surface area (Å²) in [4.78, 5) is 7.32. The molecule has 282 valence electrons. The van der Waals surface area contributed by atoms with Gasteiger partial charge in [0.2, 0.25) is 5.89 Å². The average molecular weight is 770 g/mol. The Labute approximate surface area is 345 Å². The highest BCUT2D eigenvalue weighted by Crippen LogP contribution is 2.45. The average Bonchev–Trinajstić information content (AvgIpc) is 4.01. The van der Waals surface area contributed by atoms with Crippen molar-refractivity contribution in [3.8, 4) is 39.4 Å². The first-order chi connectivity index (χ1) is 29.7. The maximum absolute atomic E-state index is 6.67. The van der Waals surface area contributed by atoms with Crippen molar-refractivity contribution in [2.24, 2.45) is 0 Å². The molecule has 0 unspecified atom stereocenters. The molecule has 5 nitrogen and oxygen atoms in total. The molecule has 0 amide bonds. The fraction of sp³-hybridized carbons (Fsp3) is 0. The lowest BCUT2D eigenvalue weighted by Gasteiger charge is -2.26. The zero-order valence-electron chi connectivity index (χ0n) is 32.4. The highest BCUT2D eigenvalue weighted by atomic mass is 16.4. The molecule has 12 aromatic rings. The molecule has 0 saturated carbocycles. The summed E-state index contributed by atoms with van der Waals surface area (Å²) in [7, 11) is 0. The zero-order valence-corrected chi connectivity index (χ0v) is 32.4. The van der Waals surface area contributed by atoms with E-state index < -0.39 is 0 Å². The molecule has 9 aromatic carbocycles. The standard InChI is InChI=1S/C55H35N3O2/c1-4-14-36(15-5-1)37-24-28-41(29-25-37)57(43-32-33-49-46(34-43)44-20-10-12-22-48(44)58(49)40-18-8-3-9-19-40)42-30-26-38(27-31-42)52-53-45-21-11-13-23-50(45)59-51(53)35-47-54(52)60-55(56-47)39-16-6-2-7-17-39/h1-35H. The van der Waals surface area contributed by atoms with Gasteiger partial charge in [-0.2, -0.15) is 0 Å². The number of anilines is 3. The fourth-order valence-electron chi connectivity index (χ4n) is 8.86. The topological polar surface area (TPSA) is 47.3 Å². The second kappa shape index (κ2) is 13.8. The Kier molecular flexibility index (Phi) is 7.78. The maximum atomic E-state index is 6.67. The first kappa shape index (κ1) is 33.9. The number of fused-ring (bicyclic) bond motifs is 7. The number of hydrogen-bond acceptors (Lipinski definition) is 4. The number of benzene rings is 9. The van der Waals surface area contributed by atoms with Gasteiger partial charge < -0.3 is 18.3 Å². The molecule has 0 saturated heterocycles. The van der Waals surface area contributed by atoms with Gasteiger partial charge in [0.15, 0.2) is 5.58 Å². The summed E-state index contributed by atoms with van der Waals surface area (Å²) in [5.41, 5.74) is 15.0. The second-order valence-corrected chi connectivity index (χ2v) is 15.1. The molecule has 3 aromatic heterocycles. The molecule has 0 radical (unpaired) electrons. The van der Waals surface area contributed by atoms with Crippen molar-refractivity contribution in [2.75, 3.05) is 4.90 Å². The van der Waals surface area contributed by atoms with Crippen LogP contribution in [0.2, 0.25) is 0 Å². The highest BCUT2D eigenvalue weighted by molar-refractivity contribution is 6.19. The van der Waals surface area contributed by atoms with Crippen LogP contribution >= 0.6 is 0 Å². The molecule has 5 heteroatoms. The first-order valence-corrected chi connectivity index (χ1v) is 20.2. The molecule has 0 atom stereocenters. The SMILES string of the molecule is c1ccc(-c2ccc(N(c3ccc(-c4c5oc(-c6ccccc6)nc5cc5oc6ccccc6c45)cc3)c3ccc4c(c3)c3ccccc3n4-c3ccccc3)cc2)cc1. The fourth-order valence-corrected chi connectivity index (χ4v) is 8.86. The zero-order chi connectivity index (χ0) is 39.6. The number of furan rings is 1. The Bertz CT molecular complexity index is 3510. The second-order valence-electron chi connectivity index (χ2n) is 15.1. The molecule has 12 rings (SSSR count). The van der Waals surface area contributed by atoms with E-state index in [2.05, 4.69) is 173 Å². The van der Waals surface area contributed by atoms with Gasteiger partial charge in [-0.1, -0.05) is 127 Å². The van der Waals surface area contributed by atoms with Gasteiger partial charge in [-0.05, 0) is 95.6 Å². The van der Waals surface area contributed by atoms with E-state index in [-0.39, 0.29) is 0 Å². The van der Waals surface area contributed by atoms with Gasteiger partial charge in [0, 0.05) is 61.5 Å². The Morgan fingerprint density at radius 3 is 1.70 bits per heavy atom. The number of hydrogen-bond donors (Lipinski definition) is 0. The summed E-state index contributed by atoms with van der Waals surface area (Å²) in [6.45, 7) is 0. The lowest BCUT2D eigenvalue weighted by atomic mass is 9.97. The number of para-hydroxylation sites is 3. The van der Waals surface area contributed by atoms with E-state index >= 15 is 0 Å². The normalized spacial score (nSPS) is 11.7. The van der Waals surface area contributed by atoms with Crippen LogP contribution in [0.5, 0.6) is 0 Å². The number of aromatic nitrogens is 2. The van der Waals surface area contributed by atoms with E-state index in [1.807, 2.05) is 48.5 Å². The minimum atomic E-state index is 0.578. The monoisotopic (exact) mass is 769 g/mol. The van der Waals surface area contributed by atoms with E-state index in [0.29, 0.717) is 5.89 Å². The predicted molar refractivity (Wildman–Crippen MR) is 247 cm³/mol. The Morgan fingerprint density at radius 1 is 0.400 bits per heavy atom. The van der Waals surface area contributed by atoms with Crippen LogP contribution in [0, 0.1) is 0 Å². The smallest absolute Gasteiger partial charge is 0.227 e. The van der Waals surface area contributed by atoms with Crippen LogP contribution in [0.15, 0.2) is 221 Å². The summed E-state index contributed by atoms with van der Waals surface area (Å²) in [5, 5.41) is 4.44. The third-order valence-electron chi connectivity index (χ3n) is 11.6. The summed E-state index contributed by atoms with van der Waals surface area (Å²) < 4.78 is 15.5. The van der Waals surface area contributed by atoms with E-state index in [4.69, 9.17) is 13.8 Å². The van der Waals surface area contributed by atoms with Crippen molar-refractivity contribution >= 4 is 71.9 Å². The van der Waals surface area contributed by atoms with Crippen LogP contribution in [-0.2, 0) is 0 Å². The van der Waals surface area contributed by atoms with Gasteiger partial charge in [0.1, 0.15) is 16.7 Å². The Hall–Kier alpha value is -8.15. The van der Waals surface area contributed by atoms with E-state index in [9.17, 15) is 0 Å². The van der Waals surface area contributed by atoms with Gasteiger partial charge in [0.05, 0.1) is 11.0 Å². The lowest BCUT2D eigenvalue weighted by Crippen LogP contribution is -2.10. The molecule has 3 heterocycles. The first-order valence-electron chi connectivity index (χ1n) is 20.2. The summed E-state index contributed by atoms with van der Waals surface area (Å²) >= 11 is 0. The third kappa shape index (κ3) is 5.52. The molecule has 0 aliphatic rings. The summed E-state index contributed by atoms with van der Waals surface area (Å²) in [6, 6.07) is 74.5. The Balaban J connectivity index is 1.04. The quantitative estimate of drug-likeness (QED) is 0.162. The predicted octanol–water partition coefficient (Wildman–Crippen LogP) is 15.3. The number of nitrogens with zero attached hydrogens (tertiary/aromatic N) is 3. The van der Waals surface area contributed by atoms with E-state index in [1.54, 1.807) is 0 Å². The highest BCUT2D eigenvalue weighted by Gasteiger charge is 2.23. The van der Waals surface area contributed by atoms with Crippen LogP contribution < -0.4 is 4.90 Å². The van der Waals surface area contributed by atoms with Crippen LogP contribution in [0.1, 0.15) is 0 Å².